The third-order valence-corrected chi connectivity index (χ3v) is 10.1. The average Bonchev–Trinajstić information content (AvgIpc) is 3.59. The molecule has 6 heteroatoms. The molecule has 6 nitrogen and oxygen atoms in total. The molecule has 0 radical (unpaired) electrons. The molecule has 51 heavy (non-hydrogen) atoms. The predicted molar refractivity (Wildman–Crippen MR) is 203 cm³/mol. The van der Waals surface area contributed by atoms with E-state index in [1.54, 1.807) is 12.2 Å². The van der Waals surface area contributed by atoms with Crippen LogP contribution in [0.5, 0.6) is 0 Å². The number of nitrogens with zero attached hydrogens (tertiary/aromatic N) is 1. The summed E-state index contributed by atoms with van der Waals surface area (Å²) in [5.41, 5.74) is 10.7. The molecule has 1 heterocycles. The third-order valence-electron chi connectivity index (χ3n) is 10.1. The molecule has 0 aliphatic heterocycles. The number of carbonyl (C=O) groups excluding carboxylic acids is 2. The van der Waals surface area contributed by atoms with Crippen LogP contribution < -0.4 is 10.6 Å². The fourth-order valence-corrected chi connectivity index (χ4v) is 7.51. The number of ketones is 2. The van der Waals surface area contributed by atoms with Gasteiger partial charge in [-0.05, 0) is 70.2 Å². The third kappa shape index (κ3) is 7.46. The van der Waals surface area contributed by atoms with Gasteiger partial charge in [0.1, 0.15) is 5.82 Å². The first-order chi connectivity index (χ1) is 25.0. The fourth-order valence-electron chi connectivity index (χ4n) is 7.51. The highest BCUT2D eigenvalue weighted by molar-refractivity contribution is 5.92. The number of nitrogens with one attached hydrogen (secondary N) is 3. The quantitative estimate of drug-likeness (QED) is 0.136. The highest BCUT2D eigenvalue weighted by atomic mass is 16.1. The molecule has 2 atom stereocenters. The van der Waals surface area contributed by atoms with E-state index < -0.39 is 0 Å². The Balaban J connectivity index is 0.933. The van der Waals surface area contributed by atoms with Crippen LogP contribution in [0, 0.1) is 0 Å². The maximum atomic E-state index is 13.0. The highest BCUT2D eigenvalue weighted by Crippen LogP contribution is 2.35. The van der Waals surface area contributed by atoms with Crippen molar-refractivity contribution in [3.8, 4) is 11.1 Å². The van der Waals surface area contributed by atoms with Crippen LogP contribution in [0.15, 0.2) is 157 Å². The summed E-state index contributed by atoms with van der Waals surface area (Å²) in [7, 11) is 0. The molecule has 0 saturated carbocycles. The van der Waals surface area contributed by atoms with Gasteiger partial charge in [0.25, 0.3) is 0 Å². The first-order valence-electron chi connectivity index (χ1n) is 17.7. The minimum absolute atomic E-state index is 0.0400. The Morgan fingerprint density at radius 1 is 0.608 bits per heavy atom. The lowest BCUT2D eigenvalue weighted by Gasteiger charge is -2.28. The van der Waals surface area contributed by atoms with Crippen molar-refractivity contribution in [2.24, 2.45) is 0 Å². The van der Waals surface area contributed by atoms with Crippen LogP contribution in [0.4, 0.5) is 0 Å². The number of H-pyrrole nitrogens is 1. The summed E-state index contributed by atoms with van der Waals surface area (Å²) in [5.74, 6) is 1.43. The van der Waals surface area contributed by atoms with E-state index in [0.717, 1.165) is 68.9 Å². The van der Waals surface area contributed by atoms with Crippen molar-refractivity contribution in [1.29, 1.82) is 0 Å². The van der Waals surface area contributed by atoms with Gasteiger partial charge >= 0.3 is 0 Å². The Labute approximate surface area is 298 Å². The largest absolute Gasteiger partial charge is 0.381 e. The second-order valence-corrected chi connectivity index (χ2v) is 13.7. The summed E-state index contributed by atoms with van der Waals surface area (Å²) in [6.07, 6.45) is 6.16. The normalized spacial score (nSPS) is 17.7. The van der Waals surface area contributed by atoms with Gasteiger partial charge in [-0.25, -0.2) is 4.98 Å². The molecule has 0 amide bonds. The lowest BCUT2D eigenvalue weighted by Crippen LogP contribution is -2.26. The number of fused-ring (bicyclic) bond motifs is 1. The first kappa shape index (κ1) is 32.2. The number of aromatic nitrogens is 2. The summed E-state index contributed by atoms with van der Waals surface area (Å²) in [4.78, 5) is 33.8. The zero-order valence-corrected chi connectivity index (χ0v) is 28.4. The Hall–Kier alpha value is -6.01. The number of rotatable bonds is 10. The molecule has 1 aromatic heterocycles. The second-order valence-electron chi connectivity index (χ2n) is 13.7. The van der Waals surface area contributed by atoms with Crippen molar-refractivity contribution in [3.05, 3.63) is 185 Å². The average molecular weight is 669 g/mol. The van der Waals surface area contributed by atoms with Gasteiger partial charge in [0.2, 0.25) is 0 Å². The summed E-state index contributed by atoms with van der Waals surface area (Å²) >= 11 is 0. The number of imidazole rings is 1. The van der Waals surface area contributed by atoms with E-state index in [4.69, 9.17) is 4.98 Å². The van der Waals surface area contributed by atoms with E-state index in [0.29, 0.717) is 19.4 Å². The number of carbonyl (C=O) groups is 2. The van der Waals surface area contributed by atoms with Crippen LogP contribution >= 0.6 is 0 Å². The Bertz CT molecular complexity index is 2180. The van der Waals surface area contributed by atoms with E-state index in [-0.39, 0.29) is 29.4 Å². The van der Waals surface area contributed by atoms with Crippen molar-refractivity contribution in [3.63, 3.8) is 0 Å². The van der Waals surface area contributed by atoms with E-state index in [2.05, 4.69) is 113 Å². The van der Waals surface area contributed by atoms with Crippen LogP contribution in [0.3, 0.4) is 0 Å². The van der Waals surface area contributed by atoms with Gasteiger partial charge in [-0.1, -0.05) is 121 Å². The lowest BCUT2D eigenvalue weighted by atomic mass is 9.84. The number of aromatic amines is 1. The number of hydrogen-bond donors (Lipinski definition) is 3. The molecule has 0 bridgehead atoms. The molecular weight excluding hydrogens is 629 g/mol. The predicted octanol–water partition coefficient (Wildman–Crippen LogP) is 9.06. The Kier molecular flexibility index (Phi) is 9.13. The van der Waals surface area contributed by atoms with E-state index in [1.165, 1.54) is 5.56 Å². The Morgan fingerprint density at radius 2 is 1.16 bits per heavy atom. The van der Waals surface area contributed by atoms with Gasteiger partial charge < -0.3 is 15.6 Å². The summed E-state index contributed by atoms with van der Waals surface area (Å²) in [6, 6.07) is 45.9. The van der Waals surface area contributed by atoms with Gasteiger partial charge in [0.15, 0.2) is 11.6 Å². The smallest absolute Gasteiger partial charge is 0.158 e. The number of benzene rings is 5. The molecule has 0 spiro atoms. The van der Waals surface area contributed by atoms with Gasteiger partial charge in [-0.3, -0.25) is 9.59 Å². The second kappa shape index (κ2) is 14.5. The van der Waals surface area contributed by atoms with Gasteiger partial charge in [-0.15, -0.1) is 0 Å². The van der Waals surface area contributed by atoms with Crippen LogP contribution in [-0.4, -0.2) is 21.5 Å². The van der Waals surface area contributed by atoms with Gasteiger partial charge in [0, 0.05) is 36.4 Å². The molecule has 8 rings (SSSR count). The van der Waals surface area contributed by atoms with Crippen molar-refractivity contribution in [2.45, 2.75) is 50.1 Å². The fraction of sp³-hybridized carbons (Fsp3) is 0.178. The van der Waals surface area contributed by atoms with Gasteiger partial charge in [-0.2, -0.15) is 0 Å². The molecule has 3 N–H and O–H groups in total. The molecule has 2 unspecified atom stereocenters. The summed E-state index contributed by atoms with van der Waals surface area (Å²) in [6.45, 7) is 0.516. The van der Waals surface area contributed by atoms with Crippen LogP contribution in [0.2, 0.25) is 0 Å². The zero-order chi connectivity index (χ0) is 34.6. The number of hydrogen-bond acceptors (Lipinski definition) is 5. The first-order valence-corrected chi connectivity index (χ1v) is 17.7. The minimum atomic E-state index is -0.0400. The summed E-state index contributed by atoms with van der Waals surface area (Å²) < 4.78 is 0. The van der Waals surface area contributed by atoms with Crippen LogP contribution in [-0.2, 0) is 16.1 Å². The van der Waals surface area contributed by atoms with E-state index in [1.807, 2.05) is 36.4 Å². The standard InChI is InChI=1S/C45H40N4O2/c50-40-24-36(30-10-4-1-5-11-30)22-38(27-40)46-29-44-48-42-21-20-35(26-43(42)49-44)31-16-18-32(19-17-31)37-23-39(28-41(51)25-37)47-45(33-12-6-2-7-13-33)34-14-8-3-9-15-34/h1-21,26-28,36-37,45-47H,22-25,29H2,(H,48,49). The molecular formula is C45H40N4O2. The van der Waals surface area contributed by atoms with Gasteiger partial charge in [0.05, 0.1) is 23.6 Å². The molecule has 5 aromatic carbocycles. The SMILES string of the molecule is O=C1C=C(NCc2nc3ccc(-c4ccc(C5CC(=O)C=C(NC(c6ccccc6)c6ccccc6)C5)cc4)cc3[nH]2)CC(c2ccccc2)C1. The lowest BCUT2D eigenvalue weighted by molar-refractivity contribution is -0.116. The highest BCUT2D eigenvalue weighted by Gasteiger charge is 2.25. The molecule has 6 aromatic rings. The Morgan fingerprint density at radius 3 is 1.80 bits per heavy atom. The monoisotopic (exact) mass is 668 g/mol. The minimum Gasteiger partial charge on any atom is -0.381 e. The van der Waals surface area contributed by atoms with Crippen LogP contribution in [0.1, 0.15) is 71.6 Å². The van der Waals surface area contributed by atoms with Crippen molar-refractivity contribution >= 4 is 22.6 Å². The van der Waals surface area contributed by atoms with Crippen molar-refractivity contribution < 1.29 is 9.59 Å². The molecule has 2 aliphatic rings. The van der Waals surface area contributed by atoms with Crippen molar-refractivity contribution in [1.82, 2.24) is 20.6 Å². The van der Waals surface area contributed by atoms with Crippen LogP contribution in [0.25, 0.3) is 22.2 Å². The molecule has 252 valence electrons. The maximum absolute atomic E-state index is 13.0. The molecule has 0 fully saturated rings. The van der Waals surface area contributed by atoms with E-state index in [9.17, 15) is 9.59 Å². The number of allylic oxidation sites excluding steroid dienone is 4. The molecule has 0 saturated heterocycles. The summed E-state index contributed by atoms with van der Waals surface area (Å²) in [5, 5.41) is 7.18. The van der Waals surface area contributed by atoms with Crippen molar-refractivity contribution in [2.75, 3.05) is 0 Å². The maximum Gasteiger partial charge on any atom is 0.158 e. The van der Waals surface area contributed by atoms with E-state index >= 15 is 0 Å². The topological polar surface area (TPSA) is 86.9 Å². The molecule has 2 aliphatic carbocycles. The zero-order valence-electron chi connectivity index (χ0n) is 28.4.